The molecule has 1 aromatic carbocycles. The summed E-state index contributed by atoms with van der Waals surface area (Å²) in [6, 6.07) is 4.10. The van der Waals surface area contributed by atoms with E-state index in [0.717, 1.165) is 5.56 Å². The number of hydrogen-bond acceptors (Lipinski definition) is 2. The topological polar surface area (TPSA) is 40.5 Å². The molecule has 0 atom stereocenters. The molecule has 0 unspecified atom stereocenters. The van der Waals surface area contributed by atoms with Crippen LogP contribution >= 0.6 is 0 Å². The molecule has 0 aromatic heterocycles. The Bertz CT molecular complexity index is 366. The third-order valence-electron chi connectivity index (χ3n) is 2.21. The highest BCUT2D eigenvalue weighted by atomic mass is 19.1. The van der Waals surface area contributed by atoms with Gasteiger partial charge < -0.3 is 10.0 Å². The highest BCUT2D eigenvalue weighted by molar-refractivity contribution is 5.95. The fourth-order valence-corrected chi connectivity index (χ4v) is 1.28. The lowest BCUT2D eigenvalue weighted by Gasteiger charge is -2.16. The molecule has 0 fully saturated rings. The normalized spacial score (nSPS) is 10.1. The van der Waals surface area contributed by atoms with Crippen molar-refractivity contribution < 1.29 is 14.3 Å². The maximum Gasteiger partial charge on any atom is 0.254 e. The van der Waals surface area contributed by atoms with Crippen molar-refractivity contribution in [3.8, 4) is 0 Å². The summed E-state index contributed by atoms with van der Waals surface area (Å²) >= 11 is 0. The van der Waals surface area contributed by atoms with Gasteiger partial charge in [-0.3, -0.25) is 4.79 Å². The van der Waals surface area contributed by atoms with Crippen LogP contribution in [0.15, 0.2) is 18.2 Å². The Labute approximate surface area is 88.1 Å². The van der Waals surface area contributed by atoms with Crippen molar-refractivity contribution in [1.82, 2.24) is 4.90 Å². The van der Waals surface area contributed by atoms with E-state index in [2.05, 4.69) is 0 Å². The molecule has 1 rings (SSSR count). The van der Waals surface area contributed by atoms with E-state index in [4.69, 9.17) is 5.11 Å². The largest absolute Gasteiger partial charge is 0.395 e. The molecule has 82 valence electrons. The van der Waals surface area contributed by atoms with Crippen LogP contribution in [0.5, 0.6) is 0 Å². The van der Waals surface area contributed by atoms with Gasteiger partial charge in [0.2, 0.25) is 0 Å². The monoisotopic (exact) mass is 211 g/mol. The van der Waals surface area contributed by atoms with Crippen LogP contribution in [0.3, 0.4) is 0 Å². The third kappa shape index (κ3) is 2.76. The number of aryl methyl sites for hydroxylation is 1. The van der Waals surface area contributed by atoms with Crippen LogP contribution in [-0.4, -0.2) is 36.1 Å². The van der Waals surface area contributed by atoms with Gasteiger partial charge in [0.05, 0.1) is 6.61 Å². The molecular weight excluding hydrogens is 197 g/mol. The van der Waals surface area contributed by atoms with Crippen LogP contribution in [0.1, 0.15) is 15.9 Å². The number of amides is 1. The molecule has 0 bridgehead atoms. The van der Waals surface area contributed by atoms with Crippen molar-refractivity contribution in [2.75, 3.05) is 20.2 Å². The summed E-state index contributed by atoms with van der Waals surface area (Å²) in [4.78, 5) is 13.1. The molecular formula is C11H14FNO2. The van der Waals surface area contributed by atoms with Crippen LogP contribution in [0.25, 0.3) is 0 Å². The van der Waals surface area contributed by atoms with Crippen LogP contribution in [0, 0.1) is 12.7 Å². The quantitative estimate of drug-likeness (QED) is 0.816. The number of aliphatic hydroxyl groups is 1. The number of rotatable bonds is 3. The second kappa shape index (κ2) is 4.89. The predicted molar refractivity (Wildman–Crippen MR) is 55.2 cm³/mol. The number of aliphatic hydroxyl groups excluding tert-OH is 1. The lowest BCUT2D eigenvalue weighted by molar-refractivity contribution is 0.0766. The van der Waals surface area contributed by atoms with Crippen LogP contribution in [-0.2, 0) is 0 Å². The Balaban J connectivity index is 2.95. The number of nitrogens with zero attached hydrogens (tertiary/aromatic N) is 1. The first-order chi connectivity index (χ1) is 7.06. The summed E-state index contributed by atoms with van der Waals surface area (Å²) in [7, 11) is 1.57. The summed E-state index contributed by atoms with van der Waals surface area (Å²) in [5.74, 6) is -0.706. The van der Waals surface area contributed by atoms with E-state index in [9.17, 15) is 9.18 Å². The minimum Gasteiger partial charge on any atom is -0.395 e. The molecule has 1 N–H and O–H groups in total. The molecule has 15 heavy (non-hydrogen) atoms. The van der Waals surface area contributed by atoms with Gasteiger partial charge in [0.1, 0.15) is 5.82 Å². The van der Waals surface area contributed by atoms with Crippen molar-refractivity contribution in [2.24, 2.45) is 0 Å². The van der Waals surface area contributed by atoms with Gasteiger partial charge in [0, 0.05) is 19.2 Å². The van der Waals surface area contributed by atoms with Gasteiger partial charge in [-0.05, 0) is 24.6 Å². The number of carbonyl (C=O) groups excluding carboxylic acids is 1. The van der Waals surface area contributed by atoms with Crippen molar-refractivity contribution in [2.45, 2.75) is 6.92 Å². The van der Waals surface area contributed by atoms with E-state index in [1.54, 1.807) is 20.0 Å². The maximum atomic E-state index is 12.9. The Kier molecular flexibility index (Phi) is 3.80. The molecule has 0 spiro atoms. The van der Waals surface area contributed by atoms with Gasteiger partial charge in [0.25, 0.3) is 5.91 Å². The van der Waals surface area contributed by atoms with Crippen LogP contribution in [0.4, 0.5) is 4.39 Å². The first-order valence-electron chi connectivity index (χ1n) is 4.68. The molecule has 4 heteroatoms. The number of likely N-dealkylation sites (N-methyl/N-ethyl adjacent to an activating group) is 1. The smallest absolute Gasteiger partial charge is 0.254 e. The third-order valence-corrected chi connectivity index (χ3v) is 2.21. The molecule has 0 aliphatic rings. The molecule has 0 radical (unpaired) electrons. The molecule has 0 aliphatic heterocycles. The summed E-state index contributed by atoms with van der Waals surface area (Å²) < 4.78 is 12.9. The molecule has 0 saturated carbocycles. The first kappa shape index (κ1) is 11.7. The Morgan fingerprint density at radius 2 is 2.20 bits per heavy atom. The SMILES string of the molecule is Cc1ccc(F)cc1C(=O)N(C)CCO. The molecule has 1 aromatic rings. The average molecular weight is 211 g/mol. The zero-order valence-corrected chi connectivity index (χ0v) is 8.83. The first-order valence-corrected chi connectivity index (χ1v) is 4.68. The van der Waals surface area contributed by atoms with E-state index in [1.165, 1.54) is 17.0 Å². The van der Waals surface area contributed by atoms with E-state index in [1.807, 2.05) is 0 Å². The van der Waals surface area contributed by atoms with E-state index in [-0.39, 0.29) is 19.1 Å². The van der Waals surface area contributed by atoms with E-state index in [0.29, 0.717) is 5.56 Å². The lowest BCUT2D eigenvalue weighted by atomic mass is 10.1. The molecule has 0 aliphatic carbocycles. The maximum absolute atomic E-state index is 12.9. The van der Waals surface area contributed by atoms with Gasteiger partial charge in [-0.15, -0.1) is 0 Å². The van der Waals surface area contributed by atoms with Crippen LogP contribution in [0.2, 0.25) is 0 Å². The molecule has 1 amide bonds. The van der Waals surface area contributed by atoms with Crippen molar-refractivity contribution in [3.05, 3.63) is 35.1 Å². The van der Waals surface area contributed by atoms with Crippen LogP contribution < -0.4 is 0 Å². The minimum atomic E-state index is -0.429. The van der Waals surface area contributed by atoms with E-state index >= 15 is 0 Å². The lowest BCUT2D eigenvalue weighted by Crippen LogP contribution is -2.30. The van der Waals surface area contributed by atoms with Gasteiger partial charge >= 0.3 is 0 Å². The highest BCUT2D eigenvalue weighted by Crippen LogP contribution is 2.12. The molecule has 0 heterocycles. The molecule has 3 nitrogen and oxygen atoms in total. The number of carbonyl (C=O) groups is 1. The second-order valence-electron chi connectivity index (χ2n) is 3.41. The minimum absolute atomic E-state index is 0.101. The summed E-state index contributed by atoms with van der Waals surface area (Å²) in [5.41, 5.74) is 1.07. The van der Waals surface area contributed by atoms with Gasteiger partial charge in [-0.25, -0.2) is 4.39 Å². The van der Waals surface area contributed by atoms with E-state index < -0.39 is 5.82 Å². The van der Waals surface area contributed by atoms with Crippen molar-refractivity contribution in [3.63, 3.8) is 0 Å². The second-order valence-corrected chi connectivity index (χ2v) is 3.41. The standard InChI is InChI=1S/C11H14FNO2/c1-8-3-4-9(12)7-10(8)11(15)13(2)5-6-14/h3-4,7,14H,5-6H2,1-2H3. The van der Waals surface area contributed by atoms with Gasteiger partial charge in [-0.2, -0.15) is 0 Å². The predicted octanol–water partition coefficient (Wildman–Crippen LogP) is 1.20. The van der Waals surface area contributed by atoms with Gasteiger partial charge in [0.15, 0.2) is 0 Å². The Hall–Kier alpha value is -1.42. The number of benzene rings is 1. The summed E-state index contributed by atoms with van der Waals surface area (Å²) in [6.07, 6.45) is 0. The highest BCUT2D eigenvalue weighted by Gasteiger charge is 2.14. The zero-order valence-electron chi connectivity index (χ0n) is 8.83. The fraction of sp³-hybridized carbons (Fsp3) is 0.364. The van der Waals surface area contributed by atoms with Crippen molar-refractivity contribution in [1.29, 1.82) is 0 Å². The van der Waals surface area contributed by atoms with Crippen molar-refractivity contribution >= 4 is 5.91 Å². The Morgan fingerprint density at radius 3 is 2.80 bits per heavy atom. The molecule has 0 saturated heterocycles. The van der Waals surface area contributed by atoms with Gasteiger partial charge in [-0.1, -0.05) is 6.07 Å². The number of hydrogen-bond donors (Lipinski definition) is 1. The zero-order chi connectivity index (χ0) is 11.4. The average Bonchev–Trinajstić information content (AvgIpc) is 2.21. The number of halogens is 1. The summed E-state index contributed by atoms with van der Waals surface area (Å²) in [6.45, 7) is 1.89. The summed E-state index contributed by atoms with van der Waals surface area (Å²) in [5, 5.41) is 8.69. The fourth-order valence-electron chi connectivity index (χ4n) is 1.28. The Morgan fingerprint density at radius 1 is 1.53 bits per heavy atom.